The summed E-state index contributed by atoms with van der Waals surface area (Å²) in [4.78, 5) is 31.3. The number of benzene rings is 1. The van der Waals surface area contributed by atoms with Crippen molar-refractivity contribution in [3.63, 3.8) is 0 Å². The third kappa shape index (κ3) is 7.09. The maximum Gasteiger partial charge on any atom is 0.426 e. The van der Waals surface area contributed by atoms with Crippen molar-refractivity contribution in [3.05, 3.63) is 146 Å². The van der Waals surface area contributed by atoms with Gasteiger partial charge in [-0.3, -0.25) is 0 Å². The van der Waals surface area contributed by atoms with Crippen molar-refractivity contribution in [2.45, 2.75) is 39.8 Å². The van der Waals surface area contributed by atoms with Crippen LogP contribution in [0.4, 0.5) is 0 Å². The molecule has 1 aromatic heterocycles. The minimum atomic E-state index is -0.726. The summed E-state index contributed by atoms with van der Waals surface area (Å²) in [6.07, 6.45) is 19.7. The summed E-state index contributed by atoms with van der Waals surface area (Å²) < 4.78 is 8.27. The van der Waals surface area contributed by atoms with Crippen molar-refractivity contribution in [2.75, 3.05) is 13.1 Å². The molecule has 0 unspecified atom stereocenters. The average Bonchev–Trinajstić information content (AvgIpc) is 3.25. The molecular formula is C31H34N4O3. The average molecular weight is 511 g/mol. The molecule has 0 spiro atoms. The lowest BCUT2D eigenvalue weighted by atomic mass is 10.1. The van der Waals surface area contributed by atoms with Crippen LogP contribution in [-0.2, 0) is 13.1 Å². The number of rotatable bonds is 9. The monoisotopic (exact) mass is 510 g/mol. The van der Waals surface area contributed by atoms with Crippen LogP contribution in [-0.4, -0.2) is 22.2 Å². The molecule has 0 radical (unpaired) electrons. The fourth-order valence-corrected chi connectivity index (χ4v) is 4.39. The Morgan fingerprint density at radius 3 is 2.58 bits per heavy atom. The summed E-state index contributed by atoms with van der Waals surface area (Å²) in [6.45, 7) is 8.99. The minimum absolute atomic E-state index is 0.0120. The molecule has 196 valence electrons. The zero-order chi connectivity index (χ0) is 26.9. The van der Waals surface area contributed by atoms with Gasteiger partial charge >= 0.3 is 17.1 Å². The van der Waals surface area contributed by atoms with Crippen LogP contribution in [0.25, 0.3) is 0 Å². The van der Waals surface area contributed by atoms with E-state index >= 15 is 0 Å². The number of aromatic nitrogens is 2. The molecule has 7 nitrogen and oxygen atoms in total. The van der Waals surface area contributed by atoms with Gasteiger partial charge in [0.15, 0.2) is 0 Å². The van der Waals surface area contributed by atoms with E-state index in [9.17, 15) is 9.59 Å². The van der Waals surface area contributed by atoms with Crippen molar-refractivity contribution in [1.29, 1.82) is 0 Å². The smallest absolute Gasteiger partial charge is 0.387 e. The van der Waals surface area contributed by atoms with Gasteiger partial charge in [-0.1, -0.05) is 90.6 Å². The van der Waals surface area contributed by atoms with Crippen LogP contribution in [0.1, 0.15) is 30.9 Å². The van der Waals surface area contributed by atoms with E-state index in [2.05, 4.69) is 53.3 Å². The van der Waals surface area contributed by atoms with E-state index in [0.717, 1.165) is 50.8 Å². The molecule has 0 saturated heterocycles. The standard InChI is InChI=1S/C31H34N4O3/c1-4-32-19-25-12-7-8-13-26(18-25)20-33-29-34(21-27-14-6-5-10-23(2)16-27)30(36)35(31(37)38-29)22-28-15-9-11-24(3)17-28/h4-5,8-18,32H,1,6-7,19-22H2,2-3H3/b33-29-. The van der Waals surface area contributed by atoms with E-state index in [1.807, 2.05) is 50.3 Å². The summed E-state index contributed by atoms with van der Waals surface area (Å²) >= 11 is 0. The molecule has 38 heavy (non-hydrogen) atoms. The van der Waals surface area contributed by atoms with Crippen LogP contribution in [0, 0.1) is 6.92 Å². The highest BCUT2D eigenvalue weighted by Crippen LogP contribution is 2.13. The highest BCUT2D eigenvalue weighted by atomic mass is 16.4. The van der Waals surface area contributed by atoms with E-state index in [1.54, 1.807) is 6.20 Å². The van der Waals surface area contributed by atoms with Gasteiger partial charge < -0.3 is 9.73 Å². The summed E-state index contributed by atoms with van der Waals surface area (Å²) in [5.41, 5.74) is 5.57. The fraction of sp³-hybridized carbons (Fsp3) is 0.258. The van der Waals surface area contributed by atoms with E-state index in [1.165, 1.54) is 4.57 Å². The van der Waals surface area contributed by atoms with E-state index in [-0.39, 0.29) is 25.3 Å². The van der Waals surface area contributed by atoms with Gasteiger partial charge in [-0.05, 0) is 55.2 Å². The van der Waals surface area contributed by atoms with Crippen molar-refractivity contribution in [1.82, 2.24) is 14.5 Å². The Hall–Kier alpha value is -4.39. The second kappa shape index (κ2) is 12.7. The molecule has 4 rings (SSSR count). The predicted octanol–water partition coefficient (Wildman–Crippen LogP) is 4.24. The van der Waals surface area contributed by atoms with Crippen molar-refractivity contribution >= 4 is 0 Å². The van der Waals surface area contributed by atoms with Gasteiger partial charge in [-0.2, -0.15) is 0 Å². The lowest BCUT2D eigenvalue weighted by Crippen LogP contribution is -2.47. The van der Waals surface area contributed by atoms with Gasteiger partial charge in [0.2, 0.25) is 0 Å². The Morgan fingerprint density at radius 2 is 1.79 bits per heavy atom. The Balaban J connectivity index is 1.76. The predicted molar refractivity (Wildman–Crippen MR) is 152 cm³/mol. The van der Waals surface area contributed by atoms with Gasteiger partial charge in [0, 0.05) is 6.54 Å². The lowest BCUT2D eigenvalue weighted by molar-refractivity contribution is 0.322. The Morgan fingerprint density at radius 1 is 1.00 bits per heavy atom. The molecule has 0 atom stereocenters. The maximum atomic E-state index is 13.7. The molecule has 0 fully saturated rings. The van der Waals surface area contributed by atoms with Crippen molar-refractivity contribution in [2.24, 2.45) is 4.99 Å². The van der Waals surface area contributed by atoms with E-state index in [4.69, 9.17) is 4.42 Å². The van der Waals surface area contributed by atoms with Crippen LogP contribution >= 0.6 is 0 Å². The van der Waals surface area contributed by atoms with Gasteiger partial charge in [-0.25, -0.2) is 23.7 Å². The van der Waals surface area contributed by atoms with Gasteiger partial charge in [0.1, 0.15) is 0 Å². The number of nitrogens with one attached hydrogen (secondary N) is 1. The van der Waals surface area contributed by atoms with Gasteiger partial charge in [0.05, 0.1) is 19.6 Å². The SMILES string of the molecule is C=CNCC1=CCC=CC(C/N=c2\oc(=O)n(Cc3cccc(C)c3)c(=O)n2CC2=CCC=CC(C)=C2)=C1. The van der Waals surface area contributed by atoms with Crippen LogP contribution in [0.15, 0.2) is 127 Å². The molecule has 7 heteroatoms. The topological polar surface area (TPSA) is 81.5 Å². The first-order valence-corrected chi connectivity index (χ1v) is 12.8. The third-order valence-corrected chi connectivity index (χ3v) is 6.23. The van der Waals surface area contributed by atoms with Gasteiger partial charge in [-0.15, -0.1) is 0 Å². The van der Waals surface area contributed by atoms with Crippen molar-refractivity contribution in [3.8, 4) is 0 Å². The molecule has 0 amide bonds. The molecule has 1 heterocycles. The molecule has 2 aliphatic carbocycles. The first-order valence-electron chi connectivity index (χ1n) is 12.8. The summed E-state index contributed by atoms with van der Waals surface area (Å²) in [6, 6.07) is 7.73. The molecular weight excluding hydrogens is 476 g/mol. The molecule has 1 N–H and O–H groups in total. The highest BCUT2D eigenvalue weighted by molar-refractivity contribution is 5.35. The number of allylic oxidation sites excluding steroid dienone is 8. The zero-order valence-corrected chi connectivity index (χ0v) is 22.0. The summed E-state index contributed by atoms with van der Waals surface area (Å²) in [7, 11) is 0. The first kappa shape index (κ1) is 26.7. The quantitative estimate of drug-likeness (QED) is 0.547. The van der Waals surface area contributed by atoms with Gasteiger partial charge in [0.25, 0.3) is 0 Å². The Kier molecular flexibility index (Phi) is 8.93. The molecule has 1 aromatic carbocycles. The van der Waals surface area contributed by atoms with E-state index in [0.29, 0.717) is 6.54 Å². The molecule has 0 aliphatic heterocycles. The summed E-state index contributed by atoms with van der Waals surface area (Å²) in [5, 5.41) is 3.12. The number of hydrogen-bond donors (Lipinski definition) is 1. The van der Waals surface area contributed by atoms with Crippen LogP contribution in [0.3, 0.4) is 0 Å². The van der Waals surface area contributed by atoms with Crippen LogP contribution in [0.2, 0.25) is 0 Å². The third-order valence-electron chi connectivity index (χ3n) is 6.23. The second-order valence-electron chi connectivity index (χ2n) is 9.44. The molecule has 2 aliphatic rings. The van der Waals surface area contributed by atoms with E-state index < -0.39 is 11.4 Å². The highest BCUT2D eigenvalue weighted by Gasteiger charge is 2.13. The maximum absolute atomic E-state index is 13.7. The molecule has 0 bridgehead atoms. The second-order valence-corrected chi connectivity index (χ2v) is 9.44. The largest absolute Gasteiger partial charge is 0.426 e. The normalized spacial score (nSPS) is 15.7. The first-order chi connectivity index (χ1) is 18.4. The number of hydrogen-bond acceptors (Lipinski definition) is 5. The minimum Gasteiger partial charge on any atom is -0.387 e. The van der Waals surface area contributed by atoms with Crippen molar-refractivity contribution < 1.29 is 4.42 Å². The Labute approximate surface area is 222 Å². The number of aryl methyl sites for hydroxylation is 1. The van der Waals surface area contributed by atoms with Crippen LogP contribution in [0.5, 0.6) is 0 Å². The zero-order valence-electron chi connectivity index (χ0n) is 22.0. The fourth-order valence-electron chi connectivity index (χ4n) is 4.39. The Bertz CT molecular complexity index is 1570. The van der Waals surface area contributed by atoms with Crippen LogP contribution < -0.4 is 22.4 Å². The summed E-state index contributed by atoms with van der Waals surface area (Å²) in [5.74, 6) is -0.726. The number of nitrogens with zero attached hydrogens (tertiary/aromatic N) is 3. The lowest BCUT2D eigenvalue weighted by Gasteiger charge is -2.11. The molecule has 2 aromatic rings. The molecule has 0 saturated carbocycles.